The first-order chi connectivity index (χ1) is 9.83. The van der Waals surface area contributed by atoms with Crippen molar-refractivity contribution < 1.29 is 0 Å². The van der Waals surface area contributed by atoms with Gasteiger partial charge in [0.25, 0.3) is 0 Å². The number of nitrogens with two attached hydrogens (primary N) is 1. The minimum Gasteiger partial charge on any atom is -0.324 e. The lowest BCUT2D eigenvalue weighted by molar-refractivity contribution is 0.306. The summed E-state index contributed by atoms with van der Waals surface area (Å²) >= 11 is 0. The standard InChI is InChI=1S/C18H22N2/c19-18(16-9-5-2-6-10-16)17-11-12-20(14-17)13-15-7-3-1-4-8-15/h1-10,17-18H,11-14,19H2. The van der Waals surface area contributed by atoms with Crippen molar-refractivity contribution >= 4 is 0 Å². The van der Waals surface area contributed by atoms with Crippen molar-refractivity contribution in [2.24, 2.45) is 11.7 Å². The molecule has 1 aliphatic heterocycles. The van der Waals surface area contributed by atoms with Crippen LogP contribution in [0, 0.1) is 5.92 Å². The van der Waals surface area contributed by atoms with Gasteiger partial charge in [-0.05, 0) is 30.0 Å². The molecule has 2 N–H and O–H groups in total. The van der Waals surface area contributed by atoms with E-state index < -0.39 is 0 Å². The van der Waals surface area contributed by atoms with Crippen LogP contribution >= 0.6 is 0 Å². The highest BCUT2D eigenvalue weighted by Gasteiger charge is 2.27. The van der Waals surface area contributed by atoms with Crippen LogP contribution in [0.1, 0.15) is 23.6 Å². The molecule has 0 saturated carbocycles. The van der Waals surface area contributed by atoms with E-state index in [2.05, 4.69) is 59.5 Å². The summed E-state index contributed by atoms with van der Waals surface area (Å²) in [5.41, 5.74) is 9.08. The molecule has 2 heteroatoms. The predicted molar refractivity (Wildman–Crippen MR) is 83.2 cm³/mol. The van der Waals surface area contributed by atoms with Crippen LogP contribution in [0.25, 0.3) is 0 Å². The molecular formula is C18H22N2. The van der Waals surface area contributed by atoms with Crippen molar-refractivity contribution in [3.05, 3.63) is 71.8 Å². The van der Waals surface area contributed by atoms with Gasteiger partial charge in [-0.3, -0.25) is 4.90 Å². The first-order valence-corrected chi connectivity index (χ1v) is 7.40. The van der Waals surface area contributed by atoms with Gasteiger partial charge in [0.05, 0.1) is 0 Å². The van der Waals surface area contributed by atoms with E-state index in [4.69, 9.17) is 5.73 Å². The summed E-state index contributed by atoms with van der Waals surface area (Å²) in [5.74, 6) is 0.570. The third-order valence-electron chi connectivity index (χ3n) is 4.25. The molecule has 0 radical (unpaired) electrons. The highest BCUT2D eigenvalue weighted by molar-refractivity contribution is 5.20. The average molecular weight is 266 g/mol. The van der Waals surface area contributed by atoms with Crippen LogP contribution in [-0.4, -0.2) is 18.0 Å². The molecule has 0 amide bonds. The molecule has 0 aliphatic carbocycles. The molecule has 104 valence electrons. The Hall–Kier alpha value is -1.64. The average Bonchev–Trinajstić information content (AvgIpc) is 2.97. The van der Waals surface area contributed by atoms with Gasteiger partial charge in [-0.25, -0.2) is 0 Å². The van der Waals surface area contributed by atoms with E-state index in [0.717, 1.165) is 19.6 Å². The van der Waals surface area contributed by atoms with Crippen LogP contribution in [0.2, 0.25) is 0 Å². The molecule has 20 heavy (non-hydrogen) atoms. The van der Waals surface area contributed by atoms with Crippen LogP contribution in [-0.2, 0) is 6.54 Å². The molecule has 2 nitrogen and oxygen atoms in total. The third-order valence-corrected chi connectivity index (χ3v) is 4.25. The van der Waals surface area contributed by atoms with Crippen molar-refractivity contribution in [3.8, 4) is 0 Å². The van der Waals surface area contributed by atoms with Gasteiger partial charge in [0, 0.05) is 19.1 Å². The number of nitrogens with zero attached hydrogens (tertiary/aromatic N) is 1. The normalized spacial score (nSPS) is 20.9. The summed E-state index contributed by atoms with van der Waals surface area (Å²) < 4.78 is 0. The third kappa shape index (κ3) is 3.09. The molecule has 2 aromatic carbocycles. The quantitative estimate of drug-likeness (QED) is 0.920. The molecule has 0 bridgehead atoms. The molecule has 0 aromatic heterocycles. The number of rotatable bonds is 4. The van der Waals surface area contributed by atoms with Crippen LogP contribution < -0.4 is 5.73 Å². The molecule has 1 aliphatic rings. The molecule has 2 unspecified atom stereocenters. The summed E-state index contributed by atoms with van der Waals surface area (Å²) in [4.78, 5) is 2.52. The van der Waals surface area contributed by atoms with Gasteiger partial charge < -0.3 is 5.73 Å². The Morgan fingerprint density at radius 1 is 1.00 bits per heavy atom. The smallest absolute Gasteiger partial charge is 0.0336 e. The monoisotopic (exact) mass is 266 g/mol. The molecule has 1 heterocycles. The van der Waals surface area contributed by atoms with Crippen molar-refractivity contribution in [2.45, 2.75) is 19.0 Å². The molecule has 3 rings (SSSR count). The fraction of sp³-hybridized carbons (Fsp3) is 0.333. The Morgan fingerprint density at radius 3 is 2.35 bits per heavy atom. The Kier molecular flexibility index (Phi) is 4.14. The maximum atomic E-state index is 6.43. The lowest BCUT2D eigenvalue weighted by Gasteiger charge is -2.21. The van der Waals surface area contributed by atoms with Crippen LogP contribution in [0.5, 0.6) is 0 Å². The summed E-state index contributed by atoms with van der Waals surface area (Å²) in [6.07, 6.45) is 1.20. The van der Waals surface area contributed by atoms with Gasteiger partial charge in [-0.2, -0.15) is 0 Å². The maximum absolute atomic E-state index is 6.43. The Balaban J connectivity index is 1.59. The zero-order chi connectivity index (χ0) is 13.8. The number of benzene rings is 2. The van der Waals surface area contributed by atoms with Gasteiger partial charge in [0.1, 0.15) is 0 Å². The van der Waals surface area contributed by atoms with Crippen LogP contribution in [0.15, 0.2) is 60.7 Å². The lowest BCUT2D eigenvalue weighted by Crippen LogP contribution is -2.25. The summed E-state index contributed by atoms with van der Waals surface area (Å²) in [7, 11) is 0. The molecule has 1 fully saturated rings. The van der Waals surface area contributed by atoms with E-state index in [-0.39, 0.29) is 6.04 Å². The molecular weight excluding hydrogens is 244 g/mol. The second-order valence-electron chi connectivity index (χ2n) is 5.71. The lowest BCUT2D eigenvalue weighted by atomic mass is 9.93. The highest BCUT2D eigenvalue weighted by atomic mass is 15.1. The first-order valence-electron chi connectivity index (χ1n) is 7.40. The summed E-state index contributed by atoms with van der Waals surface area (Å²) in [5, 5.41) is 0. The molecule has 2 aromatic rings. The van der Waals surface area contributed by atoms with Crippen LogP contribution in [0.4, 0.5) is 0 Å². The SMILES string of the molecule is NC(c1ccccc1)C1CCN(Cc2ccccc2)C1. The van der Waals surface area contributed by atoms with Crippen molar-refractivity contribution in [2.75, 3.05) is 13.1 Å². The fourth-order valence-corrected chi connectivity index (χ4v) is 3.09. The number of hydrogen-bond donors (Lipinski definition) is 1. The van der Waals surface area contributed by atoms with E-state index in [1.165, 1.54) is 17.5 Å². The van der Waals surface area contributed by atoms with Gasteiger partial charge in [0.2, 0.25) is 0 Å². The fourth-order valence-electron chi connectivity index (χ4n) is 3.09. The highest BCUT2D eigenvalue weighted by Crippen LogP contribution is 2.28. The topological polar surface area (TPSA) is 29.3 Å². The number of hydrogen-bond acceptors (Lipinski definition) is 2. The Morgan fingerprint density at radius 2 is 1.65 bits per heavy atom. The zero-order valence-corrected chi connectivity index (χ0v) is 11.8. The van der Waals surface area contributed by atoms with E-state index in [1.807, 2.05) is 6.07 Å². The number of likely N-dealkylation sites (tertiary alicyclic amines) is 1. The summed E-state index contributed by atoms with van der Waals surface area (Å²) in [6.45, 7) is 3.30. The Bertz CT molecular complexity index is 524. The zero-order valence-electron chi connectivity index (χ0n) is 11.8. The van der Waals surface area contributed by atoms with E-state index >= 15 is 0 Å². The Labute approximate surface area is 121 Å². The second-order valence-corrected chi connectivity index (χ2v) is 5.71. The van der Waals surface area contributed by atoms with E-state index in [0.29, 0.717) is 5.92 Å². The van der Waals surface area contributed by atoms with Crippen LogP contribution in [0.3, 0.4) is 0 Å². The van der Waals surface area contributed by atoms with Gasteiger partial charge >= 0.3 is 0 Å². The summed E-state index contributed by atoms with van der Waals surface area (Å²) in [6, 6.07) is 21.3. The minimum atomic E-state index is 0.164. The molecule has 2 atom stereocenters. The maximum Gasteiger partial charge on any atom is 0.0336 e. The second kappa shape index (κ2) is 6.21. The van der Waals surface area contributed by atoms with Gasteiger partial charge in [-0.15, -0.1) is 0 Å². The van der Waals surface area contributed by atoms with Gasteiger partial charge in [0.15, 0.2) is 0 Å². The minimum absolute atomic E-state index is 0.164. The molecule has 0 spiro atoms. The van der Waals surface area contributed by atoms with E-state index in [9.17, 15) is 0 Å². The van der Waals surface area contributed by atoms with Gasteiger partial charge in [-0.1, -0.05) is 60.7 Å². The van der Waals surface area contributed by atoms with Crippen molar-refractivity contribution in [3.63, 3.8) is 0 Å². The van der Waals surface area contributed by atoms with Crippen molar-refractivity contribution in [1.29, 1.82) is 0 Å². The molecule has 1 saturated heterocycles. The van der Waals surface area contributed by atoms with Crippen molar-refractivity contribution in [1.82, 2.24) is 4.90 Å². The first kappa shape index (κ1) is 13.3. The van der Waals surface area contributed by atoms with E-state index in [1.54, 1.807) is 0 Å². The largest absolute Gasteiger partial charge is 0.324 e. The predicted octanol–water partition coefficient (Wildman–Crippen LogP) is 3.21.